The fraction of sp³-hybridized carbons (Fsp3) is 0.333. The van der Waals surface area contributed by atoms with E-state index in [-0.39, 0.29) is 24.2 Å². The summed E-state index contributed by atoms with van der Waals surface area (Å²) in [6.45, 7) is 3.91. The number of thioether (sulfide) groups is 1. The molecule has 156 valence electrons. The second-order valence-electron chi connectivity index (χ2n) is 7.10. The third-order valence-electron chi connectivity index (χ3n) is 5.00. The van der Waals surface area contributed by atoms with E-state index in [0.29, 0.717) is 46.6 Å². The van der Waals surface area contributed by atoms with Crippen LogP contribution >= 0.6 is 11.8 Å². The summed E-state index contributed by atoms with van der Waals surface area (Å²) in [7, 11) is 0. The fourth-order valence-electron chi connectivity index (χ4n) is 3.49. The number of ether oxygens (including phenoxy) is 1. The van der Waals surface area contributed by atoms with Gasteiger partial charge in [0.2, 0.25) is 5.91 Å². The maximum atomic E-state index is 14.2. The predicted molar refractivity (Wildman–Crippen MR) is 110 cm³/mol. The highest BCUT2D eigenvalue weighted by Crippen LogP contribution is 2.39. The van der Waals surface area contributed by atoms with E-state index >= 15 is 0 Å². The Hall–Kier alpha value is -2.94. The van der Waals surface area contributed by atoms with Gasteiger partial charge in [0, 0.05) is 29.3 Å². The smallest absolute Gasteiger partial charge is 0.224 e. The van der Waals surface area contributed by atoms with E-state index in [1.54, 1.807) is 19.2 Å². The third kappa shape index (κ3) is 4.16. The molecule has 2 aromatic heterocycles. The van der Waals surface area contributed by atoms with E-state index in [9.17, 15) is 9.18 Å². The Balaban J connectivity index is 1.46. The second kappa shape index (κ2) is 8.43. The number of hydrogen-bond acceptors (Lipinski definition) is 7. The molecule has 0 bridgehead atoms. The molecule has 1 N–H and O–H groups in total. The Labute approximate surface area is 177 Å². The number of hydrogen-bond donors (Lipinski definition) is 1. The summed E-state index contributed by atoms with van der Waals surface area (Å²) < 4.78 is 25.4. The van der Waals surface area contributed by atoms with Crippen LogP contribution < -0.4 is 10.1 Å². The topological polar surface area (TPSA) is 90.1 Å². The van der Waals surface area contributed by atoms with E-state index in [1.807, 2.05) is 13.2 Å². The molecule has 9 heteroatoms. The molecule has 0 saturated carbocycles. The van der Waals surface area contributed by atoms with Crippen molar-refractivity contribution < 1.29 is 18.4 Å². The lowest BCUT2D eigenvalue weighted by Crippen LogP contribution is -2.35. The average Bonchev–Trinajstić information content (AvgIpc) is 3.29. The molecular formula is C21H21FN4O3S. The van der Waals surface area contributed by atoms with Crippen LogP contribution in [0.5, 0.6) is 5.75 Å². The largest absolute Gasteiger partial charge is 0.487 e. The van der Waals surface area contributed by atoms with Gasteiger partial charge in [-0.2, -0.15) is 0 Å². The Kier molecular flexibility index (Phi) is 5.72. The van der Waals surface area contributed by atoms with Crippen molar-refractivity contribution in [1.82, 2.24) is 20.4 Å². The minimum absolute atomic E-state index is 0.143. The van der Waals surface area contributed by atoms with Crippen LogP contribution in [-0.2, 0) is 17.6 Å². The van der Waals surface area contributed by atoms with Gasteiger partial charge in [0.05, 0.1) is 24.4 Å². The van der Waals surface area contributed by atoms with Gasteiger partial charge in [-0.05, 0) is 38.3 Å². The van der Waals surface area contributed by atoms with Crippen LogP contribution in [0.15, 0.2) is 34.1 Å². The zero-order valence-corrected chi connectivity index (χ0v) is 17.7. The first-order valence-corrected chi connectivity index (χ1v) is 10.7. The summed E-state index contributed by atoms with van der Waals surface area (Å²) in [5.41, 5.74) is 3.46. The van der Waals surface area contributed by atoms with Crippen LogP contribution in [0.1, 0.15) is 22.6 Å². The summed E-state index contributed by atoms with van der Waals surface area (Å²) in [6.07, 6.45) is 3.95. The number of aromatic nitrogens is 3. The highest BCUT2D eigenvalue weighted by molar-refractivity contribution is 7.98. The summed E-state index contributed by atoms with van der Waals surface area (Å²) in [4.78, 5) is 21.0. The monoisotopic (exact) mass is 428 g/mol. The van der Waals surface area contributed by atoms with Crippen LogP contribution in [0.2, 0.25) is 0 Å². The number of rotatable bonds is 6. The van der Waals surface area contributed by atoms with Gasteiger partial charge in [-0.1, -0.05) is 16.9 Å². The number of aryl methyl sites for hydroxylation is 2. The molecular weight excluding hydrogens is 407 g/mol. The van der Waals surface area contributed by atoms with Crippen LogP contribution in [0.25, 0.3) is 11.3 Å². The van der Waals surface area contributed by atoms with Crippen molar-refractivity contribution in [3.8, 4) is 17.0 Å². The zero-order valence-electron chi connectivity index (χ0n) is 16.9. The van der Waals surface area contributed by atoms with E-state index in [0.717, 1.165) is 11.1 Å². The molecule has 1 aliphatic heterocycles. The number of benzene rings is 1. The Morgan fingerprint density at radius 3 is 2.93 bits per heavy atom. The highest BCUT2D eigenvalue weighted by atomic mass is 32.2. The van der Waals surface area contributed by atoms with E-state index in [2.05, 4.69) is 20.4 Å². The Bertz CT molecular complexity index is 1080. The maximum absolute atomic E-state index is 14.2. The lowest BCUT2D eigenvalue weighted by Gasteiger charge is -2.13. The van der Waals surface area contributed by atoms with E-state index in [4.69, 9.17) is 9.26 Å². The van der Waals surface area contributed by atoms with Crippen molar-refractivity contribution in [2.75, 3.05) is 12.8 Å². The van der Waals surface area contributed by atoms with Crippen LogP contribution in [0, 0.1) is 19.7 Å². The number of carbonyl (C=O) groups is 1. The third-order valence-corrected chi connectivity index (χ3v) is 5.56. The van der Waals surface area contributed by atoms with Gasteiger partial charge in [0.15, 0.2) is 5.16 Å². The molecule has 0 spiro atoms. The van der Waals surface area contributed by atoms with Crippen LogP contribution in [0.4, 0.5) is 4.39 Å². The first kappa shape index (κ1) is 20.3. The molecule has 0 fully saturated rings. The second-order valence-corrected chi connectivity index (χ2v) is 7.87. The zero-order chi connectivity index (χ0) is 21.3. The van der Waals surface area contributed by atoms with Crippen molar-refractivity contribution in [2.45, 2.75) is 37.9 Å². The number of carbonyl (C=O) groups excluding carboxylic acids is 1. The summed E-state index contributed by atoms with van der Waals surface area (Å²) in [5.74, 6) is 0.754. The van der Waals surface area contributed by atoms with Crippen molar-refractivity contribution in [1.29, 1.82) is 0 Å². The number of fused-ring (bicyclic) bond motifs is 1. The number of amides is 1. The Morgan fingerprint density at radius 1 is 1.37 bits per heavy atom. The first-order chi connectivity index (χ1) is 14.4. The molecule has 1 unspecified atom stereocenters. The first-order valence-electron chi connectivity index (χ1n) is 9.49. The molecule has 7 nitrogen and oxygen atoms in total. The molecule has 1 atom stereocenters. The van der Waals surface area contributed by atoms with Gasteiger partial charge in [-0.25, -0.2) is 14.4 Å². The van der Waals surface area contributed by atoms with Gasteiger partial charge in [-0.15, -0.1) is 0 Å². The van der Waals surface area contributed by atoms with Crippen molar-refractivity contribution in [3.05, 3.63) is 52.8 Å². The lowest BCUT2D eigenvalue weighted by molar-refractivity contribution is -0.120. The van der Waals surface area contributed by atoms with Gasteiger partial charge < -0.3 is 14.6 Å². The molecule has 3 heterocycles. The van der Waals surface area contributed by atoms with Gasteiger partial charge >= 0.3 is 0 Å². The van der Waals surface area contributed by atoms with Crippen molar-refractivity contribution >= 4 is 17.7 Å². The average molecular weight is 428 g/mol. The molecule has 30 heavy (non-hydrogen) atoms. The van der Waals surface area contributed by atoms with Crippen LogP contribution in [-0.4, -0.2) is 39.9 Å². The minimum Gasteiger partial charge on any atom is -0.487 e. The van der Waals surface area contributed by atoms with Crippen molar-refractivity contribution in [3.63, 3.8) is 0 Å². The van der Waals surface area contributed by atoms with Gasteiger partial charge in [-0.3, -0.25) is 4.79 Å². The number of halogens is 1. The fourth-order valence-corrected chi connectivity index (χ4v) is 3.85. The Morgan fingerprint density at radius 2 is 2.20 bits per heavy atom. The predicted octanol–water partition coefficient (Wildman–Crippen LogP) is 3.27. The summed E-state index contributed by atoms with van der Waals surface area (Å²) in [6, 6.07) is 4.63. The number of nitrogens with zero attached hydrogens (tertiary/aromatic N) is 3. The van der Waals surface area contributed by atoms with E-state index in [1.165, 1.54) is 23.9 Å². The maximum Gasteiger partial charge on any atom is 0.224 e. The molecule has 3 aromatic rings. The van der Waals surface area contributed by atoms with Crippen molar-refractivity contribution in [2.24, 2.45) is 0 Å². The lowest BCUT2D eigenvalue weighted by atomic mass is 10.0. The normalized spacial score (nSPS) is 15.0. The SMILES string of the molecule is CSc1nccc(-c2cc(F)cc3c2OC(CNC(=O)Cc2c(C)noc2C)C3)n1. The summed E-state index contributed by atoms with van der Waals surface area (Å²) in [5, 5.41) is 7.36. The van der Waals surface area contributed by atoms with Gasteiger partial charge in [0.1, 0.15) is 23.4 Å². The summed E-state index contributed by atoms with van der Waals surface area (Å²) >= 11 is 1.41. The molecule has 4 rings (SSSR count). The molecule has 1 amide bonds. The molecule has 0 saturated heterocycles. The molecule has 0 aliphatic carbocycles. The van der Waals surface area contributed by atoms with Crippen LogP contribution in [0.3, 0.4) is 0 Å². The van der Waals surface area contributed by atoms with Gasteiger partial charge in [0.25, 0.3) is 0 Å². The highest BCUT2D eigenvalue weighted by Gasteiger charge is 2.28. The van der Waals surface area contributed by atoms with E-state index < -0.39 is 0 Å². The standard InChI is InChI=1S/C21H21FN4O3S/c1-11-16(12(2)29-26-11)9-19(27)24-10-15-7-13-6-14(22)8-17(20(13)28-15)18-4-5-23-21(25-18)30-3/h4-6,8,15H,7,9-10H2,1-3H3,(H,24,27). The molecule has 1 aromatic carbocycles. The minimum atomic E-state index is -0.347. The molecule has 1 aliphatic rings. The number of nitrogens with one attached hydrogen (secondary N) is 1. The molecule has 0 radical (unpaired) electrons. The quantitative estimate of drug-likeness (QED) is 0.476.